The molecule has 1 aromatic rings. The Labute approximate surface area is 146 Å². The fourth-order valence-corrected chi connectivity index (χ4v) is 2.33. The van der Waals surface area contributed by atoms with Crippen LogP contribution in [0.4, 0.5) is 5.69 Å². The number of hydrogen-bond acceptors (Lipinski definition) is 2. The second-order valence-electron chi connectivity index (χ2n) is 6.16. The van der Waals surface area contributed by atoms with E-state index in [9.17, 15) is 4.79 Å². The van der Waals surface area contributed by atoms with E-state index < -0.39 is 0 Å². The van der Waals surface area contributed by atoms with Crippen LogP contribution in [0.2, 0.25) is 0 Å². The molecule has 0 aliphatic carbocycles. The van der Waals surface area contributed by atoms with Gasteiger partial charge in [-0.05, 0) is 50.0 Å². The van der Waals surface area contributed by atoms with E-state index >= 15 is 0 Å². The van der Waals surface area contributed by atoms with Gasteiger partial charge in [-0.3, -0.25) is 4.79 Å². The summed E-state index contributed by atoms with van der Waals surface area (Å²) in [7, 11) is 0. The standard InChI is InChI=1S/C21H30N2O/c1-7-9-20(15(3)8-2)14-22-18(6)23-21-12-10-19(11-13-21)16(4)17(5)24/h10-14,16H,3,7-9H2,1-2,4-6H3,(H,22,23)/b20-14-/t16-/m1/s1. The molecule has 0 amide bonds. The maximum absolute atomic E-state index is 11.4. The molecule has 0 spiro atoms. The van der Waals surface area contributed by atoms with Crippen molar-refractivity contribution in [1.29, 1.82) is 0 Å². The van der Waals surface area contributed by atoms with Crippen LogP contribution in [0, 0.1) is 0 Å². The Hall–Kier alpha value is -2.16. The summed E-state index contributed by atoms with van der Waals surface area (Å²) < 4.78 is 0. The van der Waals surface area contributed by atoms with Crippen LogP contribution >= 0.6 is 0 Å². The van der Waals surface area contributed by atoms with Gasteiger partial charge in [-0.1, -0.05) is 51.5 Å². The second kappa shape index (κ2) is 9.86. The molecule has 1 N–H and O–H groups in total. The largest absolute Gasteiger partial charge is 0.344 e. The van der Waals surface area contributed by atoms with Crippen molar-refractivity contribution in [2.45, 2.75) is 59.8 Å². The Kier molecular flexibility index (Phi) is 8.17. The Morgan fingerprint density at radius 2 is 1.88 bits per heavy atom. The monoisotopic (exact) mass is 326 g/mol. The molecule has 3 heteroatoms. The number of Topliss-reactive ketones (excluding diaryl/α,β-unsaturated/α-hetero) is 1. The summed E-state index contributed by atoms with van der Waals surface area (Å²) in [4.78, 5) is 16.0. The average Bonchev–Trinajstić information content (AvgIpc) is 2.57. The highest BCUT2D eigenvalue weighted by Gasteiger charge is 2.09. The number of allylic oxidation sites excluding steroid dienone is 2. The van der Waals surface area contributed by atoms with Crippen LogP contribution in [0.25, 0.3) is 0 Å². The van der Waals surface area contributed by atoms with Crippen LogP contribution in [0.5, 0.6) is 0 Å². The highest BCUT2D eigenvalue weighted by molar-refractivity contribution is 5.94. The van der Waals surface area contributed by atoms with E-state index in [4.69, 9.17) is 0 Å². The maximum atomic E-state index is 11.4. The molecule has 0 saturated heterocycles. The summed E-state index contributed by atoms with van der Waals surface area (Å²) in [6.45, 7) is 13.9. The van der Waals surface area contributed by atoms with Crippen molar-refractivity contribution in [3.63, 3.8) is 0 Å². The van der Waals surface area contributed by atoms with Crippen molar-refractivity contribution in [2.24, 2.45) is 4.99 Å². The van der Waals surface area contributed by atoms with Gasteiger partial charge in [0.1, 0.15) is 11.6 Å². The lowest BCUT2D eigenvalue weighted by atomic mass is 9.97. The van der Waals surface area contributed by atoms with Gasteiger partial charge < -0.3 is 5.32 Å². The summed E-state index contributed by atoms with van der Waals surface area (Å²) in [5.41, 5.74) is 4.37. The van der Waals surface area contributed by atoms with E-state index in [1.165, 1.54) is 5.57 Å². The Bertz CT molecular complexity index is 624. The Morgan fingerprint density at radius 3 is 2.38 bits per heavy atom. The Morgan fingerprint density at radius 1 is 1.25 bits per heavy atom. The van der Waals surface area contributed by atoms with Crippen molar-refractivity contribution in [1.82, 2.24) is 0 Å². The fourth-order valence-electron chi connectivity index (χ4n) is 2.33. The van der Waals surface area contributed by atoms with Gasteiger partial charge in [0.2, 0.25) is 0 Å². The van der Waals surface area contributed by atoms with Gasteiger partial charge in [-0.15, -0.1) is 0 Å². The normalized spacial score (nSPS) is 13.5. The number of ketones is 1. The van der Waals surface area contributed by atoms with E-state index in [1.54, 1.807) is 6.92 Å². The first kappa shape index (κ1) is 19.9. The molecule has 0 radical (unpaired) electrons. The zero-order valence-electron chi connectivity index (χ0n) is 15.6. The van der Waals surface area contributed by atoms with Crippen LogP contribution < -0.4 is 5.32 Å². The molecular formula is C21H30N2O. The first-order valence-corrected chi connectivity index (χ1v) is 8.68. The molecule has 24 heavy (non-hydrogen) atoms. The molecule has 0 heterocycles. The molecule has 1 atom stereocenters. The number of hydrogen-bond donors (Lipinski definition) is 1. The molecule has 0 bridgehead atoms. The number of nitrogens with one attached hydrogen (secondary N) is 1. The van der Waals surface area contributed by atoms with E-state index in [-0.39, 0.29) is 11.7 Å². The van der Waals surface area contributed by atoms with Gasteiger partial charge in [0.25, 0.3) is 0 Å². The van der Waals surface area contributed by atoms with Crippen LogP contribution in [-0.2, 0) is 4.79 Å². The predicted octanol–water partition coefficient (Wildman–Crippen LogP) is 5.86. The van der Waals surface area contributed by atoms with Crippen molar-refractivity contribution in [3.05, 3.63) is 53.8 Å². The van der Waals surface area contributed by atoms with Gasteiger partial charge >= 0.3 is 0 Å². The molecule has 3 nitrogen and oxygen atoms in total. The highest BCUT2D eigenvalue weighted by atomic mass is 16.1. The lowest BCUT2D eigenvalue weighted by Gasteiger charge is -2.10. The van der Waals surface area contributed by atoms with Crippen LogP contribution in [0.15, 0.2) is 53.2 Å². The minimum absolute atomic E-state index is 0.0617. The smallest absolute Gasteiger partial charge is 0.136 e. The van der Waals surface area contributed by atoms with E-state index in [0.717, 1.165) is 41.9 Å². The van der Waals surface area contributed by atoms with Gasteiger partial charge in [0.05, 0.1) is 0 Å². The molecule has 0 fully saturated rings. The van der Waals surface area contributed by atoms with Crippen LogP contribution in [-0.4, -0.2) is 11.6 Å². The summed E-state index contributed by atoms with van der Waals surface area (Å²) in [5, 5.41) is 3.28. The minimum atomic E-state index is -0.0617. The highest BCUT2D eigenvalue weighted by Crippen LogP contribution is 2.19. The third-order valence-electron chi connectivity index (χ3n) is 4.16. The van der Waals surface area contributed by atoms with Gasteiger partial charge in [0, 0.05) is 17.8 Å². The molecule has 0 unspecified atom stereocenters. The average molecular weight is 326 g/mol. The lowest BCUT2D eigenvalue weighted by molar-refractivity contribution is -0.118. The third kappa shape index (κ3) is 6.15. The van der Waals surface area contributed by atoms with Crippen molar-refractivity contribution in [3.8, 4) is 0 Å². The molecule has 1 rings (SSSR count). The van der Waals surface area contributed by atoms with E-state index in [2.05, 4.69) is 30.7 Å². The number of benzene rings is 1. The van der Waals surface area contributed by atoms with Gasteiger partial charge in [-0.25, -0.2) is 4.99 Å². The molecule has 0 aliphatic heterocycles. The summed E-state index contributed by atoms with van der Waals surface area (Å²) in [5.74, 6) is 0.950. The van der Waals surface area contributed by atoms with Crippen molar-refractivity contribution < 1.29 is 4.79 Å². The van der Waals surface area contributed by atoms with Crippen molar-refractivity contribution in [2.75, 3.05) is 5.32 Å². The summed E-state index contributed by atoms with van der Waals surface area (Å²) in [6, 6.07) is 7.93. The third-order valence-corrected chi connectivity index (χ3v) is 4.16. The maximum Gasteiger partial charge on any atom is 0.136 e. The second-order valence-corrected chi connectivity index (χ2v) is 6.16. The lowest BCUT2D eigenvalue weighted by Crippen LogP contribution is -2.08. The summed E-state index contributed by atoms with van der Waals surface area (Å²) in [6.07, 6.45) is 4.96. The van der Waals surface area contributed by atoms with Crippen LogP contribution in [0.1, 0.15) is 65.4 Å². The van der Waals surface area contributed by atoms with Gasteiger partial charge in [0.15, 0.2) is 0 Å². The minimum Gasteiger partial charge on any atom is -0.344 e. The first-order valence-electron chi connectivity index (χ1n) is 8.68. The zero-order valence-corrected chi connectivity index (χ0v) is 15.6. The van der Waals surface area contributed by atoms with E-state index in [0.29, 0.717) is 0 Å². The first-order chi connectivity index (χ1) is 11.4. The van der Waals surface area contributed by atoms with Crippen LogP contribution in [0.3, 0.4) is 0 Å². The number of aliphatic imine (C=N–C) groups is 1. The SMILES string of the molecule is C=C(CC)/C(=C\N=C(C)Nc1ccc([C@H](C)C(C)=O)cc1)CCC. The molecule has 0 aromatic heterocycles. The zero-order chi connectivity index (χ0) is 18.1. The molecule has 1 aromatic carbocycles. The molecule has 0 aliphatic rings. The number of rotatable bonds is 8. The number of nitrogens with zero attached hydrogens (tertiary/aromatic N) is 1. The summed E-state index contributed by atoms with van der Waals surface area (Å²) >= 11 is 0. The fraction of sp³-hybridized carbons (Fsp3) is 0.429. The predicted molar refractivity (Wildman–Crippen MR) is 105 cm³/mol. The van der Waals surface area contributed by atoms with Gasteiger partial charge in [-0.2, -0.15) is 0 Å². The quantitative estimate of drug-likeness (QED) is 0.369. The number of carbonyl (C=O) groups excluding carboxylic acids is 1. The Balaban J connectivity index is 2.80. The number of anilines is 1. The molecular weight excluding hydrogens is 296 g/mol. The van der Waals surface area contributed by atoms with E-state index in [1.807, 2.05) is 44.3 Å². The van der Waals surface area contributed by atoms with Crippen molar-refractivity contribution >= 4 is 17.3 Å². The number of amidine groups is 1. The number of carbonyl (C=O) groups is 1. The molecule has 130 valence electrons. The molecule has 0 saturated carbocycles. The topological polar surface area (TPSA) is 41.5 Å².